The van der Waals surface area contributed by atoms with Crippen LogP contribution in [-0.4, -0.2) is 25.4 Å². The number of methoxy groups -OCH3 is 1. The molecule has 23 heavy (non-hydrogen) atoms. The van der Waals surface area contributed by atoms with Crippen LogP contribution in [0.4, 0.5) is 5.69 Å². The summed E-state index contributed by atoms with van der Waals surface area (Å²) in [6, 6.07) is 12.5. The second-order valence-electron chi connectivity index (χ2n) is 4.56. The summed E-state index contributed by atoms with van der Waals surface area (Å²) in [6.45, 7) is 1.04. The molecule has 0 fully saturated rings. The second-order valence-corrected chi connectivity index (χ2v) is 5.84. The Morgan fingerprint density at radius 2 is 1.65 bits per heavy atom. The van der Waals surface area contributed by atoms with Crippen molar-refractivity contribution in [3.05, 3.63) is 52.5 Å². The molecule has 4 nitrogen and oxygen atoms in total. The van der Waals surface area contributed by atoms with Crippen molar-refractivity contribution in [1.29, 1.82) is 0 Å². The van der Waals surface area contributed by atoms with Gasteiger partial charge in [0.05, 0.1) is 13.7 Å². The van der Waals surface area contributed by atoms with E-state index in [1.807, 2.05) is 24.3 Å². The molecule has 0 atom stereocenters. The van der Waals surface area contributed by atoms with Crippen molar-refractivity contribution < 1.29 is 9.47 Å². The zero-order chi connectivity index (χ0) is 16.7. The van der Waals surface area contributed by atoms with Gasteiger partial charge in [0.15, 0.2) is 5.11 Å². The van der Waals surface area contributed by atoms with Gasteiger partial charge in [0.25, 0.3) is 0 Å². The SMILES string of the molecule is COc1ccc(OCCNC(=S)Nc2cc(Cl)cc(Cl)c2)cc1. The Balaban J connectivity index is 1.71. The number of anilines is 1. The van der Waals surface area contributed by atoms with Crippen LogP contribution in [0.3, 0.4) is 0 Å². The highest BCUT2D eigenvalue weighted by molar-refractivity contribution is 7.80. The molecule has 0 amide bonds. The fraction of sp³-hybridized carbons (Fsp3) is 0.188. The maximum absolute atomic E-state index is 5.93. The lowest BCUT2D eigenvalue weighted by atomic mass is 10.3. The third-order valence-corrected chi connectivity index (χ3v) is 3.52. The summed E-state index contributed by atoms with van der Waals surface area (Å²) in [4.78, 5) is 0. The van der Waals surface area contributed by atoms with Gasteiger partial charge in [-0.2, -0.15) is 0 Å². The van der Waals surface area contributed by atoms with Gasteiger partial charge in [-0.3, -0.25) is 0 Å². The first-order valence-electron chi connectivity index (χ1n) is 6.84. The number of hydrogen-bond acceptors (Lipinski definition) is 3. The Morgan fingerprint density at radius 1 is 1.04 bits per heavy atom. The van der Waals surface area contributed by atoms with E-state index in [0.717, 1.165) is 17.2 Å². The molecule has 122 valence electrons. The van der Waals surface area contributed by atoms with E-state index < -0.39 is 0 Å². The molecule has 0 aliphatic heterocycles. The van der Waals surface area contributed by atoms with Crippen LogP contribution in [0.15, 0.2) is 42.5 Å². The van der Waals surface area contributed by atoms with Crippen molar-refractivity contribution in [2.45, 2.75) is 0 Å². The van der Waals surface area contributed by atoms with Crippen molar-refractivity contribution in [2.75, 3.05) is 25.6 Å². The minimum atomic E-state index is 0.474. The number of ether oxygens (including phenoxy) is 2. The monoisotopic (exact) mass is 370 g/mol. The molecule has 0 radical (unpaired) electrons. The third-order valence-electron chi connectivity index (χ3n) is 2.84. The number of nitrogens with one attached hydrogen (secondary N) is 2. The molecule has 0 aromatic heterocycles. The van der Waals surface area contributed by atoms with E-state index in [0.29, 0.717) is 28.3 Å². The summed E-state index contributed by atoms with van der Waals surface area (Å²) < 4.78 is 10.7. The summed E-state index contributed by atoms with van der Waals surface area (Å²) in [5.41, 5.74) is 0.732. The topological polar surface area (TPSA) is 42.5 Å². The average Bonchev–Trinajstić information content (AvgIpc) is 2.51. The van der Waals surface area contributed by atoms with Crippen LogP contribution >= 0.6 is 35.4 Å². The fourth-order valence-electron chi connectivity index (χ4n) is 1.81. The van der Waals surface area contributed by atoms with Crippen LogP contribution in [0.2, 0.25) is 10.0 Å². The lowest BCUT2D eigenvalue weighted by Gasteiger charge is -2.12. The molecular formula is C16H16Cl2N2O2S. The summed E-state index contributed by atoms with van der Waals surface area (Å²) in [5, 5.41) is 7.63. The highest BCUT2D eigenvalue weighted by atomic mass is 35.5. The molecular weight excluding hydrogens is 355 g/mol. The van der Waals surface area contributed by atoms with Gasteiger partial charge in [-0.25, -0.2) is 0 Å². The Bertz CT molecular complexity index is 645. The van der Waals surface area contributed by atoms with Crippen LogP contribution in [0, 0.1) is 0 Å². The molecule has 0 aliphatic rings. The molecule has 2 aromatic carbocycles. The lowest BCUT2D eigenvalue weighted by Crippen LogP contribution is -2.31. The van der Waals surface area contributed by atoms with Crippen molar-refractivity contribution in [3.8, 4) is 11.5 Å². The largest absolute Gasteiger partial charge is 0.497 e. The first-order valence-corrected chi connectivity index (χ1v) is 8.01. The summed E-state index contributed by atoms with van der Waals surface area (Å²) in [5.74, 6) is 1.56. The van der Waals surface area contributed by atoms with Crippen molar-refractivity contribution in [1.82, 2.24) is 5.32 Å². The molecule has 0 aliphatic carbocycles. The van der Waals surface area contributed by atoms with E-state index >= 15 is 0 Å². The first-order chi connectivity index (χ1) is 11.1. The Labute approximate surface area is 150 Å². The van der Waals surface area contributed by atoms with Gasteiger partial charge in [0, 0.05) is 15.7 Å². The minimum absolute atomic E-state index is 0.474. The van der Waals surface area contributed by atoms with E-state index in [4.69, 9.17) is 44.9 Å². The van der Waals surface area contributed by atoms with Crippen molar-refractivity contribution >= 4 is 46.2 Å². The van der Waals surface area contributed by atoms with E-state index in [9.17, 15) is 0 Å². The number of rotatable bonds is 6. The fourth-order valence-corrected chi connectivity index (χ4v) is 2.55. The maximum Gasteiger partial charge on any atom is 0.170 e. The van der Waals surface area contributed by atoms with Gasteiger partial charge in [-0.05, 0) is 54.7 Å². The van der Waals surface area contributed by atoms with Gasteiger partial charge in [0.1, 0.15) is 18.1 Å². The van der Waals surface area contributed by atoms with E-state index in [-0.39, 0.29) is 0 Å². The average molecular weight is 371 g/mol. The van der Waals surface area contributed by atoms with Crippen LogP contribution in [-0.2, 0) is 0 Å². The molecule has 0 heterocycles. The summed E-state index contributed by atoms with van der Waals surface area (Å²) in [6.07, 6.45) is 0. The lowest BCUT2D eigenvalue weighted by molar-refractivity contribution is 0.322. The smallest absolute Gasteiger partial charge is 0.170 e. The maximum atomic E-state index is 5.93. The summed E-state index contributed by atoms with van der Waals surface area (Å²) in [7, 11) is 1.63. The van der Waals surface area contributed by atoms with Crippen molar-refractivity contribution in [3.63, 3.8) is 0 Å². The summed E-state index contributed by atoms with van der Waals surface area (Å²) >= 11 is 17.1. The van der Waals surface area contributed by atoms with Gasteiger partial charge in [-0.15, -0.1) is 0 Å². The molecule has 0 bridgehead atoms. The van der Waals surface area contributed by atoms with Gasteiger partial charge < -0.3 is 20.1 Å². The number of benzene rings is 2. The number of thiocarbonyl (C=S) groups is 1. The Morgan fingerprint density at radius 3 is 2.26 bits per heavy atom. The van der Waals surface area contributed by atoms with Crippen LogP contribution in [0.5, 0.6) is 11.5 Å². The number of halogens is 2. The molecule has 0 saturated heterocycles. The predicted molar refractivity (Wildman–Crippen MR) is 99.2 cm³/mol. The van der Waals surface area contributed by atoms with Crippen LogP contribution < -0.4 is 20.1 Å². The van der Waals surface area contributed by atoms with Gasteiger partial charge in [-0.1, -0.05) is 23.2 Å². The predicted octanol–water partition coefficient (Wildman–Crippen LogP) is 4.37. The number of hydrogen-bond donors (Lipinski definition) is 2. The van der Waals surface area contributed by atoms with Crippen LogP contribution in [0.1, 0.15) is 0 Å². The molecule has 2 aromatic rings. The quantitative estimate of drug-likeness (QED) is 0.583. The second kappa shape index (κ2) is 8.82. The highest BCUT2D eigenvalue weighted by Gasteiger charge is 2.01. The van der Waals surface area contributed by atoms with Gasteiger partial charge >= 0.3 is 0 Å². The molecule has 2 rings (SSSR count). The molecule has 0 unspecified atom stereocenters. The Kier molecular flexibility index (Phi) is 6.77. The van der Waals surface area contributed by atoms with E-state index in [1.165, 1.54) is 0 Å². The normalized spacial score (nSPS) is 10.0. The molecule has 0 saturated carbocycles. The van der Waals surface area contributed by atoms with Crippen LogP contribution in [0.25, 0.3) is 0 Å². The minimum Gasteiger partial charge on any atom is -0.497 e. The zero-order valence-electron chi connectivity index (χ0n) is 12.4. The highest BCUT2D eigenvalue weighted by Crippen LogP contribution is 2.22. The van der Waals surface area contributed by atoms with Crippen molar-refractivity contribution in [2.24, 2.45) is 0 Å². The van der Waals surface area contributed by atoms with E-state index in [1.54, 1.807) is 25.3 Å². The first kappa shape index (κ1) is 17.7. The third kappa shape index (κ3) is 6.14. The molecule has 7 heteroatoms. The molecule has 0 spiro atoms. The molecule has 2 N–H and O–H groups in total. The van der Waals surface area contributed by atoms with Gasteiger partial charge in [0.2, 0.25) is 0 Å². The zero-order valence-corrected chi connectivity index (χ0v) is 14.8. The van der Waals surface area contributed by atoms with E-state index in [2.05, 4.69) is 10.6 Å². The standard InChI is InChI=1S/C16H16Cl2N2O2S/c1-21-14-2-4-15(5-3-14)22-7-6-19-16(23)20-13-9-11(17)8-12(18)10-13/h2-5,8-10H,6-7H2,1H3,(H2,19,20,23). The Hall–Kier alpha value is -1.69.